The van der Waals surface area contributed by atoms with Gasteiger partial charge in [-0.15, -0.1) is 12.4 Å². The third-order valence-electron chi connectivity index (χ3n) is 3.56. The van der Waals surface area contributed by atoms with Crippen LogP contribution in [0.5, 0.6) is 5.75 Å². The number of rotatable bonds is 3. The average molecular weight is 264 g/mol. The highest BCUT2D eigenvalue weighted by molar-refractivity contribution is 5.85. The normalized spacial score (nSPS) is 16.3. The summed E-state index contributed by atoms with van der Waals surface area (Å²) in [6, 6.07) is 11.9. The van der Waals surface area contributed by atoms with E-state index in [0.29, 0.717) is 5.75 Å². The van der Waals surface area contributed by atoms with Crippen molar-refractivity contribution in [2.45, 2.75) is 25.3 Å². The molecule has 96 valence electrons. The Bertz CT molecular complexity index is 551. The topological polar surface area (TPSA) is 46.2 Å². The lowest BCUT2D eigenvalue weighted by Gasteiger charge is -2.12. The fourth-order valence-corrected chi connectivity index (χ4v) is 2.33. The quantitative estimate of drug-likeness (QED) is 0.886. The zero-order valence-electron chi connectivity index (χ0n) is 10.2. The van der Waals surface area contributed by atoms with Crippen LogP contribution in [-0.4, -0.2) is 5.11 Å². The van der Waals surface area contributed by atoms with Crippen LogP contribution in [0.3, 0.4) is 0 Å². The minimum atomic E-state index is 0. The van der Waals surface area contributed by atoms with Gasteiger partial charge in [-0.1, -0.05) is 31.0 Å². The van der Waals surface area contributed by atoms with E-state index in [9.17, 15) is 5.11 Å². The Labute approximate surface area is 113 Å². The summed E-state index contributed by atoms with van der Waals surface area (Å²) in [4.78, 5) is 0. The SMILES string of the molecule is Cl.N[C@@H](CC1CC1)c1ccc2cc(O)ccc2c1. The first-order valence-electron chi connectivity index (χ1n) is 6.20. The van der Waals surface area contributed by atoms with Gasteiger partial charge in [-0.05, 0) is 46.9 Å². The summed E-state index contributed by atoms with van der Waals surface area (Å²) in [6.07, 6.45) is 3.79. The van der Waals surface area contributed by atoms with Crippen LogP contribution in [-0.2, 0) is 0 Å². The predicted molar refractivity (Wildman–Crippen MR) is 77.1 cm³/mol. The highest BCUT2D eigenvalue weighted by Gasteiger charge is 2.24. The molecule has 0 bridgehead atoms. The van der Waals surface area contributed by atoms with Gasteiger partial charge < -0.3 is 10.8 Å². The van der Waals surface area contributed by atoms with Crippen LogP contribution in [0.4, 0.5) is 0 Å². The Balaban J connectivity index is 0.00000120. The van der Waals surface area contributed by atoms with Gasteiger partial charge in [-0.25, -0.2) is 0 Å². The second kappa shape index (κ2) is 5.17. The Hall–Kier alpha value is -1.25. The summed E-state index contributed by atoms with van der Waals surface area (Å²) in [7, 11) is 0. The van der Waals surface area contributed by atoms with E-state index in [2.05, 4.69) is 12.1 Å². The van der Waals surface area contributed by atoms with E-state index in [1.165, 1.54) is 18.4 Å². The van der Waals surface area contributed by atoms with Crippen molar-refractivity contribution in [2.24, 2.45) is 11.7 Å². The molecule has 2 aromatic rings. The molecule has 0 aliphatic heterocycles. The first-order chi connectivity index (χ1) is 8.22. The van der Waals surface area contributed by atoms with Crippen LogP contribution in [0.1, 0.15) is 30.9 Å². The number of halogens is 1. The van der Waals surface area contributed by atoms with Crippen LogP contribution >= 0.6 is 12.4 Å². The molecule has 0 unspecified atom stereocenters. The molecule has 0 radical (unpaired) electrons. The first kappa shape index (κ1) is 13.2. The Morgan fingerprint density at radius 1 is 1.11 bits per heavy atom. The van der Waals surface area contributed by atoms with Gasteiger partial charge in [0.1, 0.15) is 5.75 Å². The number of aromatic hydroxyl groups is 1. The van der Waals surface area contributed by atoms with Gasteiger partial charge in [0.25, 0.3) is 0 Å². The van der Waals surface area contributed by atoms with Crippen molar-refractivity contribution in [3.8, 4) is 5.75 Å². The van der Waals surface area contributed by atoms with E-state index in [-0.39, 0.29) is 18.4 Å². The van der Waals surface area contributed by atoms with E-state index >= 15 is 0 Å². The van der Waals surface area contributed by atoms with E-state index in [1.807, 2.05) is 12.1 Å². The van der Waals surface area contributed by atoms with Crippen molar-refractivity contribution < 1.29 is 5.11 Å². The molecule has 0 amide bonds. The smallest absolute Gasteiger partial charge is 0.116 e. The van der Waals surface area contributed by atoms with E-state index in [1.54, 1.807) is 12.1 Å². The molecule has 3 rings (SSSR count). The molecule has 2 nitrogen and oxygen atoms in total. The molecule has 3 heteroatoms. The van der Waals surface area contributed by atoms with Crippen LogP contribution in [0.2, 0.25) is 0 Å². The molecule has 0 heterocycles. The summed E-state index contributed by atoms with van der Waals surface area (Å²) in [5.41, 5.74) is 7.41. The zero-order chi connectivity index (χ0) is 11.8. The molecule has 1 aliphatic rings. The number of benzene rings is 2. The summed E-state index contributed by atoms with van der Waals surface area (Å²) in [6.45, 7) is 0. The van der Waals surface area contributed by atoms with Gasteiger partial charge in [0.2, 0.25) is 0 Å². The number of phenolic OH excluding ortho intramolecular Hbond substituents is 1. The van der Waals surface area contributed by atoms with E-state index < -0.39 is 0 Å². The standard InChI is InChI=1S/C15H17NO.ClH/c16-15(7-10-1-2-10)13-4-3-12-9-14(17)6-5-11(12)8-13;/h3-6,8-10,15,17H,1-2,7,16H2;1H/t15-;/m0./s1. The Morgan fingerprint density at radius 2 is 1.78 bits per heavy atom. The highest BCUT2D eigenvalue weighted by Crippen LogP contribution is 2.37. The van der Waals surface area contributed by atoms with Gasteiger partial charge in [-0.3, -0.25) is 0 Å². The second-order valence-corrected chi connectivity index (χ2v) is 5.08. The number of hydrogen-bond acceptors (Lipinski definition) is 2. The molecule has 18 heavy (non-hydrogen) atoms. The van der Waals surface area contributed by atoms with Crippen molar-refractivity contribution in [1.82, 2.24) is 0 Å². The maximum absolute atomic E-state index is 9.41. The average Bonchev–Trinajstić information content (AvgIpc) is 3.12. The molecule has 3 N–H and O–H groups in total. The summed E-state index contributed by atoms with van der Waals surface area (Å²) >= 11 is 0. The van der Waals surface area contributed by atoms with Crippen molar-refractivity contribution >= 4 is 23.2 Å². The van der Waals surface area contributed by atoms with Gasteiger partial charge in [-0.2, -0.15) is 0 Å². The van der Waals surface area contributed by atoms with Crippen molar-refractivity contribution in [3.63, 3.8) is 0 Å². The van der Waals surface area contributed by atoms with Crippen molar-refractivity contribution in [1.29, 1.82) is 0 Å². The fraction of sp³-hybridized carbons (Fsp3) is 0.333. The summed E-state index contributed by atoms with van der Waals surface area (Å²) in [5, 5.41) is 11.6. The fourth-order valence-electron chi connectivity index (χ4n) is 2.33. The molecule has 2 aromatic carbocycles. The molecular weight excluding hydrogens is 246 g/mol. The molecule has 1 aliphatic carbocycles. The molecule has 0 aromatic heterocycles. The number of phenols is 1. The molecule has 0 saturated heterocycles. The predicted octanol–water partition coefficient (Wildman–Crippen LogP) is 3.77. The summed E-state index contributed by atoms with van der Waals surface area (Å²) < 4.78 is 0. The second-order valence-electron chi connectivity index (χ2n) is 5.08. The largest absolute Gasteiger partial charge is 0.508 e. The summed E-state index contributed by atoms with van der Waals surface area (Å²) in [5.74, 6) is 1.16. The van der Waals surface area contributed by atoms with E-state index in [0.717, 1.165) is 23.1 Å². The zero-order valence-corrected chi connectivity index (χ0v) is 11.0. The lowest BCUT2D eigenvalue weighted by atomic mass is 9.99. The van der Waals surface area contributed by atoms with Gasteiger partial charge >= 0.3 is 0 Å². The van der Waals surface area contributed by atoms with Crippen LogP contribution in [0.15, 0.2) is 36.4 Å². The molecule has 1 fully saturated rings. The van der Waals surface area contributed by atoms with Crippen molar-refractivity contribution in [3.05, 3.63) is 42.0 Å². The lowest BCUT2D eigenvalue weighted by Crippen LogP contribution is -2.10. The number of nitrogens with two attached hydrogens (primary N) is 1. The number of hydrogen-bond donors (Lipinski definition) is 2. The third-order valence-corrected chi connectivity index (χ3v) is 3.56. The first-order valence-corrected chi connectivity index (χ1v) is 6.20. The van der Waals surface area contributed by atoms with Crippen LogP contribution < -0.4 is 5.73 Å². The molecule has 1 atom stereocenters. The van der Waals surface area contributed by atoms with Gasteiger partial charge in [0.15, 0.2) is 0 Å². The van der Waals surface area contributed by atoms with Crippen LogP contribution in [0, 0.1) is 5.92 Å². The molecule has 0 spiro atoms. The maximum Gasteiger partial charge on any atom is 0.116 e. The minimum Gasteiger partial charge on any atom is -0.508 e. The van der Waals surface area contributed by atoms with Gasteiger partial charge in [0.05, 0.1) is 0 Å². The highest BCUT2D eigenvalue weighted by atomic mass is 35.5. The van der Waals surface area contributed by atoms with E-state index in [4.69, 9.17) is 5.73 Å². The third kappa shape index (κ3) is 2.77. The Kier molecular flexibility index (Phi) is 3.79. The molecule has 1 saturated carbocycles. The maximum atomic E-state index is 9.41. The monoisotopic (exact) mass is 263 g/mol. The molecular formula is C15H18ClNO. The number of fused-ring (bicyclic) bond motifs is 1. The van der Waals surface area contributed by atoms with Crippen molar-refractivity contribution in [2.75, 3.05) is 0 Å². The van der Waals surface area contributed by atoms with Crippen LogP contribution in [0.25, 0.3) is 10.8 Å². The Morgan fingerprint density at radius 3 is 2.50 bits per heavy atom. The minimum absolute atomic E-state index is 0. The van der Waals surface area contributed by atoms with Gasteiger partial charge in [0, 0.05) is 6.04 Å². The lowest BCUT2D eigenvalue weighted by molar-refractivity contribution is 0.476.